The molecule has 0 aliphatic rings. The van der Waals surface area contributed by atoms with E-state index in [9.17, 15) is 30.0 Å². The highest BCUT2D eigenvalue weighted by Gasteiger charge is 2.25. The molecule has 0 atom stereocenters. The number of phenolic OH excluding ortho intramolecular Hbond substituents is 4. The van der Waals surface area contributed by atoms with Gasteiger partial charge in [0, 0.05) is 16.2 Å². The Hall–Kier alpha value is -6.78. The Labute approximate surface area is 345 Å². The van der Waals surface area contributed by atoms with Gasteiger partial charge in [0.05, 0.1) is 7.11 Å². The summed E-state index contributed by atoms with van der Waals surface area (Å²) in [5.74, 6) is 1.17. The van der Waals surface area contributed by atoms with Crippen LogP contribution in [0.3, 0.4) is 0 Å². The molecule has 0 radical (unpaired) electrons. The first-order valence-corrected chi connectivity index (χ1v) is 18.8. The molecule has 0 aliphatic carbocycles. The second-order valence-electron chi connectivity index (χ2n) is 15.3. The third kappa shape index (κ3) is 12.1. The number of phenols is 4. The summed E-state index contributed by atoms with van der Waals surface area (Å²) in [6.45, 7) is 12.1. The lowest BCUT2D eigenvalue weighted by Gasteiger charge is -2.26. The molecular weight excluding hydrogens is 749 g/mol. The van der Waals surface area contributed by atoms with Crippen LogP contribution < -0.4 is 9.47 Å². The molecule has 0 heterocycles. The second-order valence-corrected chi connectivity index (χ2v) is 15.3. The number of benzene rings is 6. The first-order chi connectivity index (χ1) is 27.9. The molecule has 0 fully saturated rings. The minimum Gasteiger partial charge on any atom is -0.508 e. The largest absolute Gasteiger partial charge is 0.519 e. The van der Waals surface area contributed by atoms with Crippen LogP contribution in [0.25, 0.3) is 0 Å². The Kier molecular flexibility index (Phi) is 14.9. The lowest BCUT2D eigenvalue weighted by Crippen LogP contribution is -2.19. The summed E-state index contributed by atoms with van der Waals surface area (Å²) in [4.78, 5) is 22.1. The fourth-order valence-electron chi connectivity index (χ4n) is 6.17. The number of ether oxygens (including phenoxy) is 3. The monoisotopic (exact) mass is 800 g/mol. The van der Waals surface area contributed by atoms with Gasteiger partial charge in [0.25, 0.3) is 0 Å². The third-order valence-corrected chi connectivity index (χ3v) is 10.3. The van der Waals surface area contributed by atoms with Gasteiger partial charge in [-0.15, -0.1) is 0 Å². The van der Waals surface area contributed by atoms with E-state index >= 15 is 0 Å². The van der Waals surface area contributed by atoms with E-state index < -0.39 is 18.7 Å². The molecule has 0 saturated carbocycles. The van der Waals surface area contributed by atoms with Gasteiger partial charge in [-0.25, -0.2) is 9.59 Å². The van der Waals surface area contributed by atoms with Gasteiger partial charge in [-0.1, -0.05) is 114 Å². The number of aromatic hydroxyl groups is 4. The van der Waals surface area contributed by atoms with Crippen molar-refractivity contribution in [3.63, 3.8) is 0 Å². The quantitative estimate of drug-likeness (QED) is 0.0703. The number of carbonyl (C=O) groups excluding carboxylic acids is 2. The number of hydrogen-bond donors (Lipinski definition) is 5. The van der Waals surface area contributed by atoms with E-state index in [1.165, 1.54) is 7.11 Å². The van der Waals surface area contributed by atoms with E-state index in [1.807, 2.05) is 72.8 Å². The highest BCUT2D eigenvalue weighted by atomic mass is 16.7. The van der Waals surface area contributed by atoms with Gasteiger partial charge in [-0.05, 0) is 106 Å². The van der Waals surface area contributed by atoms with Crippen LogP contribution in [0.4, 0.5) is 4.79 Å². The minimum absolute atomic E-state index is 0.151. The summed E-state index contributed by atoms with van der Waals surface area (Å²) >= 11 is 0. The van der Waals surface area contributed by atoms with Crippen LogP contribution in [0.1, 0.15) is 74.9 Å². The molecule has 6 aromatic carbocycles. The molecule has 10 heteroatoms. The Morgan fingerprint density at radius 3 is 0.780 bits per heavy atom. The highest BCUT2D eigenvalue weighted by molar-refractivity contribution is 5.70. The van der Waals surface area contributed by atoms with Gasteiger partial charge in [-0.2, -0.15) is 0 Å². The zero-order valence-corrected chi connectivity index (χ0v) is 34.3. The van der Waals surface area contributed by atoms with Crippen LogP contribution in [0.15, 0.2) is 146 Å². The molecule has 0 amide bonds. The number of carbonyl (C=O) groups is 2. The van der Waals surface area contributed by atoms with Crippen molar-refractivity contribution in [3.05, 3.63) is 179 Å². The molecule has 0 bridgehead atoms. The fourth-order valence-corrected chi connectivity index (χ4v) is 6.17. The molecule has 0 unspecified atom stereocenters. The fraction of sp³-hybridized carbons (Fsp3) is 0.224. The highest BCUT2D eigenvalue weighted by Crippen LogP contribution is 2.36. The van der Waals surface area contributed by atoms with Gasteiger partial charge in [0.15, 0.2) is 0 Å². The summed E-state index contributed by atoms with van der Waals surface area (Å²) in [6.07, 6.45) is -0.814. The van der Waals surface area contributed by atoms with Crippen LogP contribution in [-0.4, -0.2) is 51.4 Å². The lowest BCUT2D eigenvalue weighted by atomic mass is 9.78. The van der Waals surface area contributed by atoms with E-state index in [-0.39, 0.29) is 39.2 Å². The van der Waals surface area contributed by atoms with Crippen molar-refractivity contribution in [1.29, 1.82) is 0 Å². The Bertz CT molecular complexity index is 2080. The maximum absolute atomic E-state index is 12.4. The normalized spacial score (nSPS) is 11.2. The van der Waals surface area contributed by atoms with E-state index in [0.29, 0.717) is 11.5 Å². The van der Waals surface area contributed by atoms with Crippen molar-refractivity contribution in [3.8, 4) is 34.5 Å². The van der Waals surface area contributed by atoms with E-state index in [2.05, 4.69) is 46.3 Å². The molecule has 10 nitrogen and oxygen atoms in total. The summed E-state index contributed by atoms with van der Waals surface area (Å²) < 4.78 is 14.7. The first-order valence-electron chi connectivity index (χ1n) is 18.8. The SMILES string of the molecule is CC(C)(c1ccc(O)cc1)c1ccc(O)cc1.CC(C)(c1ccc(O)cc1)c1ccc(OC(=O)Oc2ccc(C(C)(C)c3ccc(O)cc3)cc2)cc1.COC(=O)CO. The van der Waals surface area contributed by atoms with Crippen molar-refractivity contribution < 1.29 is 49.3 Å². The smallest absolute Gasteiger partial charge is 0.508 e. The topological polar surface area (TPSA) is 163 Å². The predicted molar refractivity (Wildman–Crippen MR) is 227 cm³/mol. The zero-order valence-electron chi connectivity index (χ0n) is 34.3. The van der Waals surface area contributed by atoms with Gasteiger partial charge < -0.3 is 39.7 Å². The van der Waals surface area contributed by atoms with Crippen molar-refractivity contribution in [2.45, 2.75) is 57.8 Å². The van der Waals surface area contributed by atoms with Gasteiger partial charge in [0.2, 0.25) is 0 Å². The lowest BCUT2D eigenvalue weighted by molar-refractivity contribution is -0.143. The van der Waals surface area contributed by atoms with E-state index in [4.69, 9.17) is 14.6 Å². The van der Waals surface area contributed by atoms with Gasteiger partial charge in [-0.3, -0.25) is 0 Å². The Balaban J connectivity index is 0.000000275. The molecule has 0 saturated heterocycles. The van der Waals surface area contributed by atoms with Crippen LogP contribution in [-0.2, 0) is 25.8 Å². The van der Waals surface area contributed by atoms with Crippen LogP contribution in [0.5, 0.6) is 34.5 Å². The number of hydrogen-bond acceptors (Lipinski definition) is 10. The Morgan fingerprint density at radius 1 is 0.407 bits per heavy atom. The van der Waals surface area contributed by atoms with Crippen LogP contribution in [0.2, 0.25) is 0 Å². The molecule has 6 aromatic rings. The molecule has 0 spiro atoms. The predicted octanol–water partition coefficient (Wildman–Crippen LogP) is 9.90. The standard InChI is InChI=1S/C31H30O5.C15H16O2.C3H6O3/c1-30(2,21-5-13-25(32)14-6-21)23-9-17-27(18-10-23)35-29(34)36-28-19-11-24(12-20-28)31(3,4)22-7-15-26(33)16-8-22;1-15(2,11-3-7-13(16)8-4-11)12-5-9-14(17)10-6-12;1-6-3(5)2-4/h5-20,32-33H,1-4H3;3-10,16-17H,1-2H3;4H,2H2,1H3. The number of aliphatic hydroxyl groups excluding tert-OH is 1. The van der Waals surface area contributed by atoms with Crippen molar-refractivity contribution in [1.82, 2.24) is 0 Å². The number of esters is 1. The molecule has 59 heavy (non-hydrogen) atoms. The maximum Gasteiger partial charge on any atom is 0.519 e. The average Bonchev–Trinajstić information content (AvgIpc) is 3.22. The first kappa shape index (κ1) is 44.9. The van der Waals surface area contributed by atoms with Crippen molar-refractivity contribution in [2.75, 3.05) is 13.7 Å². The molecule has 6 rings (SSSR count). The molecular formula is C49H52O10. The Morgan fingerprint density at radius 2 is 0.610 bits per heavy atom. The minimum atomic E-state index is -0.814. The van der Waals surface area contributed by atoms with Crippen LogP contribution >= 0.6 is 0 Å². The van der Waals surface area contributed by atoms with Crippen LogP contribution in [0, 0.1) is 0 Å². The summed E-state index contributed by atoms with van der Waals surface area (Å²) in [7, 11) is 1.22. The summed E-state index contributed by atoms with van der Waals surface area (Å²) in [6, 6.07) is 43.3. The number of rotatable bonds is 9. The second kappa shape index (κ2) is 19.6. The van der Waals surface area contributed by atoms with E-state index in [1.54, 1.807) is 72.8 Å². The third-order valence-electron chi connectivity index (χ3n) is 10.3. The number of methoxy groups -OCH3 is 1. The van der Waals surface area contributed by atoms with E-state index in [0.717, 1.165) is 33.4 Å². The molecule has 5 N–H and O–H groups in total. The zero-order chi connectivity index (χ0) is 43.4. The summed E-state index contributed by atoms with van der Waals surface area (Å²) in [5, 5.41) is 45.6. The molecule has 308 valence electrons. The van der Waals surface area contributed by atoms with Crippen molar-refractivity contribution >= 4 is 12.1 Å². The molecule has 0 aliphatic heterocycles. The summed E-state index contributed by atoms with van der Waals surface area (Å²) in [5.41, 5.74) is 5.73. The van der Waals surface area contributed by atoms with Gasteiger partial charge >= 0.3 is 12.1 Å². The van der Waals surface area contributed by atoms with Crippen molar-refractivity contribution in [2.24, 2.45) is 0 Å². The van der Waals surface area contributed by atoms with Gasteiger partial charge in [0.1, 0.15) is 41.1 Å². The number of aliphatic hydroxyl groups is 1. The average molecular weight is 801 g/mol. The molecule has 0 aromatic heterocycles. The maximum atomic E-state index is 12.4.